The van der Waals surface area contributed by atoms with Gasteiger partial charge in [0.1, 0.15) is 6.10 Å². The van der Waals surface area contributed by atoms with Gasteiger partial charge in [0, 0.05) is 0 Å². The van der Waals surface area contributed by atoms with Gasteiger partial charge in [0.2, 0.25) is 5.91 Å². The third-order valence-corrected chi connectivity index (χ3v) is 9.87. The molecule has 0 rings (SSSR count). The summed E-state index contributed by atoms with van der Waals surface area (Å²) in [5.74, 6) is -0.523. The van der Waals surface area contributed by atoms with Crippen LogP contribution < -0.4 is 5.32 Å². The van der Waals surface area contributed by atoms with Gasteiger partial charge in [0.25, 0.3) is 0 Å². The van der Waals surface area contributed by atoms with Crippen molar-refractivity contribution in [2.45, 2.75) is 231 Å². The van der Waals surface area contributed by atoms with Gasteiger partial charge >= 0.3 is 0 Å². The van der Waals surface area contributed by atoms with Crippen molar-refractivity contribution >= 4 is 5.91 Å². The molecule has 0 radical (unpaired) electrons. The van der Waals surface area contributed by atoms with E-state index in [9.17, 15) is 20.1 Å². The van der Waals surface area contributed by atoms with Crippen molar-refractivity contribution in [3.05, 3.63) is 48.6 Å². The number of carbonyl (C=O) groups is 1. The largest absolute Gasteiger partial charge is 0.394 e. The fraction of sp³-hybridized carbons (Fsp3) is 0.804. The van der Waals surface area contributed by atoms with Crippen molar-refractivity contribution in [1.82, 2.24) is 5.32 Å². The molecular weight excluding hydrogens is 631 g/mol. The Labute approximate surface area is 316 Å². The lowest BCUT2D eigenvalue weighted by molar-refractivity contribution is -0.131. The number of carbonyl (C=O) groups excluding carboxylic acids is 1. The van der Waals surface area contributed by atoms with Crippen molar-refractivity contribution in [3.8, 4) is 0 Å². The van der Waals surface area contributed by atoms with Crippen LogP contribution in [0.25, 0.3) is 0 Å². The van der Waals surface area contributed by atoms with E-state index in [4.69, 9.17) is 0 Å². The molecule has 1 amide bonds. The molecule has 0 aromatic rings. The van der Waals surface area contributed by atoms with E-state index in [0.29, 0.717) is 6.42 Å². The topological polar surface area (TPSA) is 89.8 Å². The minimum Gasteiger partial charge on any atom is -0.394 e. The van der Waals surface area contributed by atoms with Gasteiger partial charge in [-0.15, -0.1) is 0 Å². The van der Waals surface area contributed by atoms with E-state index in [1.807, 2.05) is 6.08 Å². The van der Waals surface area contributed by atoms with Gasteiger partial charge in [-0.1, -0.05) is 191 Å². The second-order valence-corrected chi connectivity index (χ2v) is 14.9. The van der Waals surface area contributed by atoms with E-state index in [1.165, 1.54) is 141 Å². The van der Waals surface area contributed by atoms with Gasteiger partial charge in [0.05, 0.1) is 18.8 Å². The second kappa shape index (κ2) is 41.1. The zero-order chi connectivity index (χ0) is 37.3. The molecular formula is C46H85NO4. The van der Waals surface area contributed by atoms with Gasteiger partial charge in [0.15, 0.2) is 0 Å². The van der Waals surface area contributed by atoms with Crippen LogP contribution in [0.2, 0.25) is 0 Å². The third kappa shape index (κ3) is 36.5. The number of aliphatic hydroxyl groups excluding tert-OH is 3. The van der Waals surface area contributed by atoms with Crippen LogP contribution in [0, 0.1) is 0 Å². The minimum atomic E-state index is -1.11. The van der Waals surface area contributed by atoms with E-state index in [2.05, 4.69) is 55.6 Å². The summed E-state index contributed by atoms with van der Waals surface area (Å²) in [5.41, 5.74) is 0. The van der Waals surface area contributed by atoms with Crippen LogP contribution in [-0.2, 0) is 4.79 Å². The molecule has 0 fully saturated rings. The molecule has 3 atom stereocenters. The Kier molecular flexibility index (Phi) is 39.7. The third-order valence-electron chi connectivity index (χ3n) is 9.87. The predicted molar refractivity (Wildman–Crippen MR) is 222 cm³/mol. The lowest BCUT2D eigenvalue weighted by Crippen LogP contribution is -2.48. The summed E-state index contributed by atoms with van der Waals surface area (Å²) in [4.78, 5) is 12.5. The minimum absolute atomic E-state index is 0.384. The van der Waals surface area contributed by atoms with Gasteiger partial charge < -0.3 is 20.6 Å². The summed E-state index contributed by atoms with van der Waals surface area (Å²) in [7, 11) is 0. The normalized spacial score (nSPS) is 14.1. The molecule has 0 saturated heterocycles. The molecule has 0 aliphatic rings. The molecule has 0 aliphatic carbocycles. The summed E-state index contributed by atoms with van der Waals surface area (Å²) in [5, 5.41) is 33.1. The maximum atomic E-state index is 12.5. The number of amides is 1. The fourth-order valence-corrected chi connectivity index (χ4v) is 6.39. The van der Waals surface area contributed by atoms with Crippen molar-refractivity contribution in [1.29, 1.82) is 0 Å². The Hall–Kier alpha value is -1.69. The second-order valence-electron chi connectivity index (χ2n) is 14.9. The average Bonchev–Trinajstić information content (AvgIpc) is 3.13. The first-order valence-electron chi connectivity index (χ1n) is 22.0. The Morgan fingerprint density at radius 2 is 0.804 bits per heavy atom. The Morgan fingerprint density at radius 3 is 1.20 bits per heavy atom. The number of nitrogens with one attached hydrogen (secondary N) is 1. The number of allylic oxidation sites excluding steroid dienone is 7. The average molecular weight is 716 g/mol. The molecule has 0 aromatic carbocycles. The first kappa shape index (κ1) is 49.3. The Balaban J connectivity index is 3.77. The number of unbranched alkanes of at least 4 members (excludes halogenated alkanes) is 25. The molecule has 5 nitrogen and oxygen atoms in total. The molecule has 0 spiro atoms. The fourth-order valence-electron chi connectivity index (χ4n) is 6.39. The van der Waals surface area contributed by atoms with E-state index >= 15 is 0 Å². The zero-order valence-electron chi connectivity index (χ0n) is 33.7. The van der Waals surface area contributed by atoms with E-state index < -0.39 is 24.2 Å². The van der Waals surface area contributed by atoms with E-state index in [-0.39, 0.29) is 6.61 Å². The Morgan fingerprint density at radius 1 is 0.471 bits per heavy atom. The van der Waals surface area contributed by atoms with E-state index in [0.717, 1.165) is 51.4 Å². The Bertz CT molecular complexity index is 835. The molecule has 51 heavy (non-hydrogen) atoms. The van der Waals surface area contributed by atoms with Crippen LogP contribution in [0.15, 0.2) is 48.6 Å². The summed E-state index contributed by atoms with van der Waals surface area (Å²) >= 11 is 0. The van der Waals surface area contributed by atoms with Crippen molar-refractivity contribution in [2.24, 2.45) is 0 Å². The van der Waals surface area contributed by atoms with Crippen LogP contribution >= 0.6 is 0 Å². The predicted octanol–water partition coefficient (Wildman–Crippen LogP) is 12.5. The van der Waals surface area contributed by atoms with E-state index in [1.54, 1.807) is 6.08 Å². The van der Waals surface area contributed by atoms with Crippen LogP contribution in [0.3, 0.4) is 0 Å². The summed E-state index contributed by atoms with van der Waals surface area (Å²) in [6.07, 6.45) is 52.8. The molecule has 5 heteroatoms. The molecule has 0 saturated carbocycles. The molecule has 0 aliphatic heterocycles. The molecule has 0 bridgehead atoms. The van der Waals surface area contributed by atoms with Gasteiger partial charge in [-0.05, 0) is 70.6 Å². The van der Waals surface area contributed by atoms with Crippen LogP contribution in [0.1, 0.15) is 213 Å². The summed E-state index contributed by atoms with van der Waals surface area (Å²) in [6.45, 7) is 4.16. The van der Waals surface area contributed by atoms with Crippen LogP contribution in [0.5, 0.6) is 0 Å². The standard InChI is InChI=1S/C46H85NO4/c1-3-5-7-9-11-13-15-17-19-21-23-25-27-29-31-33-35-37-39-41-45(50)46(51)47-43(42-48)44(49)40-38-36-34-32-30-28-26-24-22-20-18-16-14-12-10-8-6-4-2/h22-25,30,32,38,40,43-45,48-50H,3-21,26-29,31,33-37,39,41-42H2,1-2H3,(H,47,51)/b24-22+,25-23-,32-30+,40-38+. The van der Waals surface area contributed by atoms with Crippen LogP contribution in [0.4, 0.5) is 0 Å². The van der Waals surface area contributed by atoms with Crippen molar-refractivity contribution < 1.29 is 20.1 Å². The quantitative estimate of drug-likeness (QED) is 0.0377. The highest BCUT2D eigenvalue weighted by Gasteiger charge is 2.22. The lowest BCUT2D eigenvalue weighted by atomic mass is 10.0. The molecule has 298 valence electrons. The highest BCUT2D eigenvalue weighted by atomic mass is 16.3. The molecule has 0 heterocycles. The number of hydrogen-bond donors (Lipinski definition) is 4. The highest BCUT2D eigenvalue weighted by Crippen LogP contribution is 2.14. The first-order chi connectivity index (χ1) is 25.1. The number of aliphatic hydroxyl groups is 3. The maximum absolute atomic E-state index is 12.5. The van der Waals surface area contributed by atoms with Crippen molar-refractivity contribution in [3.63, 3.8) is 0 Å². The van der Waals surface area contributed by atoms with Gasteiger partial charge in [-0.2, -0.15) is 0 Å². The molecule has 3 unspecified atom stereocenters. The van der Waals surface area contributed by atoms with Gasteiger partial charge in [-0.25, -0.2) is 0 Å². The number of rotatable bonds is 39. The molecule has 4 N–H and O–H groups in total. The zero-order valence-corrected chi connectivity index (χ0v) is 33.7. The smallest absolute Gasteiger partial charge is 0.249 e. The highest BCUT2D eigenvalue weighted by molar-refractivity contribution is 5.80. The number of hydrogen-bond acceptors (Lipinski definition) is 4. The maximum Gasteiger partial charge on any atom is 0.249 e. The molecule has 0 aromatic heterocycles. The van der Waals surface area contributed by atoms with Crippen molar-refractivity contribution in [2.75, 3.05) is 6.61 Å². The first-order valence-corrected chi connectivity index (χ1v) is 22.0. The SMILES string of the molecule is CCCCCCCCCC/C=C/CC/C=C/CC/C=C/C(O)C(CO)NC(=O)C(O)CCCCCCCC/C=C\CCCCCCCCCCC. The summed E-state index contributed by atoms with van der Waals surface area (Å²) < 4.78 is 0. The van der Waals surface area contributed by atoms with Crippen LogP contribution in [-0.4, -0.2) is 46.1 Å². The summed E-state index contributed by atoms with van der Waals surface area (Å²) in [6, 6.07) is -0.823. The van der Waals surface area contributed by atoms with Gasteiger partial charge in [-0.3, -0.25) is 4.79 Å². The lowest BCUT2D eigenvalue weighted by Gasteiger charge is -2.21. The monoisotopic (exact) mass is 716 g/mol.